The molecule has 2 aromatic carbocycles. The van der Waals surface area contributed by atoms with E-state index in [4.69, 9.17) is 11.6 Å². The molecule has 5 rings (SSSR count). The van der Waals surface area contributed by atoms with Crippen LogP contribution in [0, 0.1) is 0 Å². The van der Waals surface area contributed by atoms with Crippen molar-refractivity contribution in [3.8, 4) is 17.1 Å². The summed E-state index contributed by atoms with van der Waals surface area (Å²) in [6.07, 6.45) is 3.39. The number of rotatable bonds is 6. The third-order valence-corrected chi connectivity index (χ3v) is 6.74. The Labute approximate surface area is 196 Å². The minimum Gasteiger partial charge on any atom is -0.301 e. The molecule has 1 N–H and O–H groups in total. The number of carbonyl (C=O) groups excluding carboxylic acids is 1. The predicted molar refractivity (Wildman–Crippen MR) is 129 cm³/mol. The van der Waals surface area contributed by atoms with Gasteiger partial charge in [-0.05, 0) is 36.4 Å². The summed E-state index contributed by atoms with van der Waals surface area (Å²) in [7, 11) is 0. The summed E-state index contributed by atoms with van der Waals surface area (Å²) in [5.41, 5.74) is 2.44. The number of para-hydroxylation sites is 2. The number of halogens is 1. The van der Waals surface area contributed by atoms with E-state index in [1.54, 1.807) is 12.4 Å². The Balaban J connectivity index is 1.40. The van der Waals surface area contributed by atoms with Crippen LogP contribution in [0.25, 0.3) is 27.3 Å². The van der Waals surface area contributed by atoms with Gasteiger partial charge in [0.2, 0.25) is 5.91 Å². The maximum atomic E-state index is 12.6. The van der Waals surface area contributed by atoms with Crippen LogP contribution in [-0.2, 0) is 4.79 Å². The molecule has 0 aliphatic carbocycles. The number of hydrogen-bond acceptors (Lipinski definition) is 7. The maximum absolute atomic E-state index is 12.6. The van der Waals surface area contributed by atoms with Crippen LogP contribution in [0.1, 0.15) is 0 Å². The molecule has 1 amide bonds. The van der Waals surface area contributed by atoms with Crippen LogP contribution < -0.4 is 5.32 Å². The van der Waals surface area contributed by atoms with E-state index in [0.29, 0.717) is 21.1 Å². The number of aromatic nitrogens is 5. The Morgan fingerprint density at radius 3 is 2.62 bits per heavy atom. The zero-order valence-electron chi connectivity index (χ0n) is 16.5. The molecule has 7 nitrogen and oxygen atoms in total. The predicted octanol–water partition coefficient (Wildman–Crippen LogP) is 5.32. The van der Waals surface area contributed by atoms with Crippen molar-refractivity contribution in [2.45, 2.75) is 5.16 Å². The fourth-order valence-electron chi connectivity index (χ4n) is 3.11. The van der Waals surface area contributed by atoms with Gasteiger partial charge in [-0.3, -0.25) is 14.3 Å². The lowest BCUT2D eigenvalue weighted by atomic mass is 10.2. The zero-order chi connectivity index (χ0) is 21.9. The Kier molecular flexibility index (Phi) is 5.85. The van der Waals surface area contributed by atoms with Gasteiger partial charge >= 0.3 is 0 Å². The lowest BCUT2D eigenvalue weighted by molar-refractivity contribution is -0.113. The molecule has 0 aliphatic rings. The first-order valence-electron chi connectivity index (χ1n) is 9.58. The third kappa shape index (κ3) is 4.22. The van der Waals surface area contributed by atoms with Crippen molar-refractivity contribution < 1.29 is 4.79 Å². The molecule has 0 unspecified atom stereocenters. The van der Waals surface area contributed by atoms with E-state index in [0.717, 1.165) is 21.5 Å². The second kappa shape index (κ2) is 9.07. The highest BCUT2D eigenvalue weighted by Gasteiger charge is 2.19. The fraction of sp³-hybridized carbons (Fsp3) is 0.0455. The standard InChI is InChI=1S/C22H15ClN6OS2/c23-15-5-1-3-7-17(15)29-20(14-9-11-24-12-10-14)27-28-22(29)31-13-19(30)26-21-25-16-6-2-4-8-18(16)32-21/h1-12H,13H2,(H,25,26,30). The fourth-order valence-corrected chi connectivity index (χ4v) is 4.96. The number of nitrogens with zero attached hydrogens (tertiary/aromatic N) is 5. The van der Waals surface area contributed by atoms with Gasteiger partial charge in [0.1, 0.15) is 0 Å². The highest BCUT2D eigenvalue weighted by molar-refractivity contribution is 7.99. The summed E-state index contributed by atoms with van der Waals surface area (Å²) in [6, 6.07) is 18.9. The number of anilines is 1. The third-order valence-electron chi connectivity index (χ3n) is 4.54. The van der Waals surface area contributed by atoms with Crippen LogP contribution in [0.2, 0.25) is 5.02 Å². The van der Waals surface area contributed by atoms with Crippen molar-refractivity contribution in [2.24, 2.45) is 0 Å². The van der Waals surface area contributed by atoms with Gasteiger partial charge in [0.05, 0.1) is 26.7 Å². The molecule has 0 atom stereocenters. The van der Waals surface area contributed by atoms with Crippen LogP contribution >= 0.6 is 34.7 Å². The molecule has 3 aromatic heterocycles. The molecule has 0 spiro atoms. The summed E-state index contributed by atoms with van der Waals surface area (Å²) in [5.74, 6) is 0.595. The molecule has 0 bridgehead atoms. The first kappa shape index (κ1) is 20.6. The van der Waals surface area contributed by atoms with Gasteiger partial charge in [-0.15, -0.1) is 10.2 Å². The number of thioether (sulfide) groups is 1. The number of carbonyl (C=O) groups is 1. The first-order valence-corrected chi connectivity index (χ1v) is 11.8. The minimum absolute atomic E-state index is 0.148. The number of amides is 1. The van der Waals surface area contributed by atoms with Crippen LogP contribution in [0.4, 0.5) is 5.13 Å². The number of fused-ring (bicyclic) bond motifs is 1. The average Bonchev–Trinajstić information content (AvgIpc) is 3.42. The van der Waals surface area contributed by atoms with Gasteiger partial charge < -0.3 is 5.32 Å². The van der Waals surface area contributed by atoms with Crippen LogP contribution in [0.5, 0.6) is 0 Å². The Morgan fingerprint density at radius 2 is 1.81 bits per heavy atom. The molecule has 10 heteroatoms. The average molecular weight is 479 g/mol. The SMILES string of the molecule is O=C(CSc1nnc(-c2ccncc2)n1-c1ccccc1Cl)Nc1nc2ccccc2s1. The second-order valence-corrected chi connectivity index (χ2v) is 9.03. The summed E-state index contributed by atoms with van der Waals surface area (Å²) in [4.78, 5) is 21.1. The normalized spacial score (nSPS) is 11.0. The first-order chi connectivity index (χ1) is 15.7. The summed E-state index contributed by atoms with van der Waals surface area (Å²) in [5, 5.41) is 13.2. The van der Waals surface area contributed by atoms with Gasteiger partial charge in [-0.25, -0.2) is 4.98 Å². The molecule has 0 saturated heterocycles. The van der Waals surface area contributed by atoms with Crippen molar-refractivity contribution in [3.05, 3.63) is 78.1 Å². The highest BCUT2D eigenvalue weighted by Crippen LogP contribution is 2.31. The lowest BCUT2D eigenvalue weighted by Gasteiger charge is -2.11. The van der Waals surface area contributed by atoms with Crippen molar-refractivity contribution in [3.63, 3.8) is 0 Å². The topological polar surface area (TPSA) is 85.6 Å². The van der Waals surface area contributed by atoms with E-state index >= 15 is 0 Å². The quantitative estimate of drug-likeness (QED) is 0.332. The van der Waals surface area contributed by atoms with E-state index in [1.165, 1.54) is 23.1 Å². The number of thiazole rings is 1. The number of nitrogens with one attached hydrogen (secondary N) is 1. The van der Waals surface area contributed by atoms with E-state index in [9.17, 15) is 4.79 Å². The molecular formula is C22H15ClN6OS2. The van der Waals surface area contributed by atoms with Gasteiger partial charge in [0.25, 0.3) is 0 Å². The van der Waals surface area contributed by atoms with Crippen molar-refractivity contribution >= 4 is 56.0 Å². The van der Waals surface area contributed by atoms with E-state index in [-0.39, 0.29) is 11.7 Å². The zero-order valence-corrected chi connectivity index (χ0v) is 18.9. The van der Waals surface area contributed by atoms with E-state index < -0.39 is 0 Å². The van der Waals surface area contributed by atoms with E-state index in [2.05, 4.69) is 25.5 Å². The monoisotopic (exact) mass is 478 g/mol. The number of hydrogen-bond donors (Lipinski definition) is 1. The molecular weight excluding hydrogens is 464 g/mol. The molecule has 0 fully saturated rings. The Morgan fingerprint density at radius 1 is 1.03 bits per heavy atom. The summed E-state index contributed by atoms with van der Waals surface area (Å²) >= 11 is 9.19. The molecule has 0 aliphatic heterocycles. The van der Waals surface area contributed by atoms with Crippen LogP contribution in [0.3, 0.4) is 0 Å². The maximum Gasteiger partial charge on any atom is 0.236 e. The lowest BCUT2D eigenvalue weighted by Crippen LogP contribution is -2.14. The minimum atomic E-state index is -0.173. The van der Waals surface area contributed by atoms with Crippen molar-refractivity contribution in [2.75, 3.05) is 11.1 Å². The van der Waals surface area contributed by atoms with Crippen LogP contribution in [0.15, 0.2) is 78.2 Å². The van der Waals surface area contributed by atoms with Crippen molar-refractivity contribution in [1.29, 1.82) is 0 Å². The van der Waals surface area contributed by atoms with Gasteiger partial charge in [0, 0.05) is 18.0 Å². The molecule has 5 aromatic rings. The van der Waals surface area contributed by atoms with Gasteiger partial charge in [0.15, 0.2) is 16.1 Å². The smallest absolute Gasteiger partial charge is 0.236 e. The number of pyridine rings is 1. The Hall–Kier alpha value is -3.27. The second-order valence-electron chi connectivity index (χ2n) is 6.65. The van der Waals surface area contributed by atoms with Gasteiger partial charge in [-0.2, -0.15) is 0 Å². The molecule has 158 valence electrons. The van der Waals surface area contributed by atoms with E-state index in [1.807, 2.05) is 65.2 Å². The molecule has 32 heavy (non-hydrogen) atoms. The summed E-state index contributed by atoms with van der Waals surface area (Å²) in [6.45, 7) is 0. The Bertz CT molecular complexity index is 1370. The van der Waals surface area contributed by atoms with Gasteiger partial charge in [-0.1, -0.05) is 59.0 Å². The largest absolute Gasteiger partial charge is 0.301 e. The highest BCUT2D eigenvalue weighted by atomic mass is 35.5. The molecule has 3 heterocycles. The molecule has 0 radical (unpaired) electrons. The summed E-state index contributed by atoms with van der Waals surface area (Å²) < 4.78 is 2.88. The number of benzene rings is 2. The van der Waals surface area contributed by atoms with Crippen molar-refractivity contribution in [1.82, 2.24) is 24.7 Å². The molecule has 0 saturated carbocycles. The van der Waals surface area contributed by atoms with Crippen LogP contribution in [-0.4, -0.2) is 36.4 Å².